The molecule has 96 valence electrons. The van der Waals surface area contributed by atoms with Gasteiger partial charge in [0.2, 0.25) is 0 Å². The maximum absolute atomic E-state index is 3.54. The van der Waals surface area contributed by atoms with Crippen LogP contribution in [0.25, 0.3) is 0 Å². The first-order chi connectivity index (χ1) is 8.69. The van der Waals surface area contributed by atoms with E-state index >= 15 is 0 Å². The summed E-state index contributed by atoms with van der Waals surface area (Å²) in [5.41, 5.74) is 2.65. The SMILES string of the molecule is CCn1ccc(CNC(C)c2ccc(Br)cc2)c1. The van der Waals surface area contributed by atoms with E-state index in [-0.39, 0.29) is 0 Å². The molecule has 1 unspecified atom stereocenters. The zero-order chi connectivity index (χ0) is 13.0. The number of nitrogens with zero attached hydrogens (tertiary/aromatic N) is 1. The fourth-order valence-electron chi connectivity index (χ4n) is 1.93. The predicted molar refractivity (Wildman–Crippen MR) is 79.5 cm³/mol. The molecular weight excluding hydrogens is 288 g/mol. The molecule has 0 saturated heterocycles. The third-order valence-electron chi connectivity index (χ3n) is 3.16. The molecule has 18 heavy (non-hydrogen) atoms. The third kappa shape index (κ3) is 3.47. The van der Waals surface area contributed by atoms with Gasteiger partial charge < -0.3 is 9.88 Å². The topological polar surface area (TPSA) is 17.0 Å². The van der Waals surface area contributed by atoms with Gasteiger partial charge in [-0.3, -0.25) is 0 Å². The number of aryl methyl sites for hydroxylation is 1. The summed E-state index contributed by atoms with van der Waals surface area (Å²) >= 11 is 3.46. The summed E-state index contributed by atoms with van der Waals surface area (Å²) in [6, 6.07) is 11.0. The number of aromatic nitrogens is 1. The number of benzene rings is 1. The lowest BCUT2D eigenvalue weighted by Gasteiger charge is -2.13. The molecule has 1 atom stereocenters. The van der Waals surface area contributed by atoms with Crippen molar-refractivity contribution in [1.29, 1.82) is 0 Å². The van der Waals surface area contributed by atoms with Crippen LogP contribution in [-0.2, 0) is 13.1 Å². The van der Waals surface area contributed by atoms with Crippen LogP contribution in [0.5, 0.6) is 0 Å². The lowest BCUT2D eigenvalue weighted by Crippen LogP contribution is -2.17. The van der Waals surface area contributed by atoms with Crippen molar-refractivity contribution in [2.75, 3.05) is 0 Å². The van der Waals surface area contributed by atoms with Gasteiger partial charge in [-0.1, -0.05) is 28.1 Å². The molecule has 0 spiro atoms. The quantitative estimate of drug-likeness (QED) is 0.879. The van der Waals surface area contributed by atoms with Gasteiger partial charge in [-0.25, -0.2) is 0 Å². The standard InChI is InChI=1S/C15H19BrN2/c1-3-18-9-8-13(11-18)10-17-12(2)14-4-6-15(16)7-5-14/h4-9,11-12,17H,3,10H2,1-2H3. The van der Waals surface area contributed by atoms with E-state index in [2.05, 4.69) is 82.4 Å². The molecule has 0 aliphatic carbocycles. The zero-order valence-corrected chi connectivity index (χ0v) is 12.4. The van der Waals surface area contributed by atoms with Crippen LogP contribution in [0.3, 0.4) is 0 Å². The maximum atomic E-state index is 3.54. The van der Waals surface area contributed by atoms with Crippen LogP contribution < -0.4 is 5.32 Å². The molecule has 0 aliphatic rings. The number of nitrogens with one attached hydrogen (secondary N) is 1. The fourth-order valence-corrected chi connectivity index (χ4v) is 2.20. The van der Waals surface area contributed by atoms with Crippen molar-refractivity contribution in [3.05, 3.63) is 58.3 Å². The van der Waals surface area contributed by atoms with Gasteiger partial charge in [-0.05, 0) is 43.2 Å². The van der Waals surface area contributed by atoms with Gasteiger partial charge >= 0.3 is 0 Å². The van der Waals surface area contributed by atoms with E-state index in [1.165, 1.54) is 11.1 Å². The van der Waals surface area contributed by atoms with E-state index in [1.54, 1.807) is 0 Å². The molecule has 3 heteroatoms. The molecule has 1 heterocycles. The predicted octanol–water partition coefficient (Wildman–Crippen LogP) is 4.12. The van der Waals surface area contributed by atoms with Crippen molar-refractivity contribution in [2.45, 2.75) is 33.0 Å². The first kappa shape index (κ1) is 13.4. The minimum absolute atomic E-state index is 0.364. The fraction of sp³-hybridized carbons (Fsp3) is 0.333. The number of rotatable bonds is 5. The van der Waals surface area contributed by atoms with Gasteiger partial charge in [-0.15, -0.1) is 0 Å². The summed E-state index contributed by atoms with van der Waals surface area (Å²) in [4.78, 5) is 0. The van der Waals surface area contributed by atoms with Gasteiger partial charge in [0, 0.05) is 36.0 Å². The summed E-state index contributed by atoms with van der Waals surface area (Å²) in [6.45, 7) is 6.29. The normalized spacial score (nSPS) is 12.6. The number of halogens is 1. The molecule has 0 radical (unpaired) electrons. The summed E-state index contributed by atoms with van der Waals surface area (Å²) in [5.74, 6) is 0. The zero-order valence-electron chi connectivity index (χ0n) is 10.9. The van der Waals surface area contributed by atoms with Gasteiger partial charge in [0.05, 0.1) is 0 Å². The van der Waals surface area contributed by atoms with E-state index in [9.17, 15) is 0 Å². The average molecular weight is 307 g/mol. The molecule has 2 rings (SSSR count). The van der Waals surface area contributed by atoms with Crippen LogP contribution in [0, 0.1) is 0 Å². The molecule has 0 saturated carbocycles. The van der Waals surface area contributed by atoms with Crippen molar-refractivity contribution >= 4 is 15.9 Å². The first-order valence-electron chi connectivity index (χ1n) is 6.32. The molecular formula is C15H19BrN2. The van der Waals surface area contributed by atoms with Crippen molar-refractivity contribution in [3.63, 3.8) is 0 Å². The van der Waals surface area contributed by atoms with Gasteiger partial charge in [0.1, 0.15) is 0 Å². The summed E-state index contributed by atoms with van der Waals surface area (Å²) in [6.07, 6.45) is 4.32. The summed E-state index contributed by atoms with van der Waals surface area (Å²) in [7, 11) is 0. The van der Waals surface area contributed by atoms with E-state index in [1.807, 2.05) is 0 Å². The Kier molecular flexibility index (Phi) is 4.61. The second-order valence-electron chi connectivity index (χ2n) is 4.50. The summed E-state index contributed by atoms with van der Waals surface area (Å²) < 4.78 is 3.32. The minimum Gasteiger partial charge on any atom is -0.354 e. The molecule has 1 N–H and O–H groups in total. The van der Waals surface area contributed by atoms with E-state index in [4.69, 9.17) is 0 Å². The Morgan fingerprint density at radius 1 is 1.22 bits per heavy atom. The second-order valence-corrected chi connectivity index (χ2v) is 5.42. The number of hydrogen-bond donors (Lipinski definition) is 1. The Morgan fingerprint density at radius 2 is 1.94 bits per heavy atom. The van der Waals surface area contributed by atoms with Gasteiger partial charge in [0.15, 0.2) is 0 Å². The van der Waals surface area contributed by atoms with Crippen LogP contribution >= 0.6 is 15.9 Å². The van der Waals surface area contributed by atoms with Gasteiger partial charge in [-0.2, -0.15) is 0 Å². The Balaban J connectivity index is 1.91. The monoisotopic (exact) mass is 306 g/mol. The Labute approximate surface area is 117 Å². The largest absolute Gasteiger partial charge is 0.354 e. The van der Waals surface area contributed by atoms with Crippen LogP contribution in [0.4, 0.5) is 0 Å². The second kappa shape index (κ2) is 6.21. The molecule has 1 aromatic carbocycles. The Bertz CT molecular complexity index is 487. The number of hydrogen-bond acceptors (Lipinski definition) is 1. The average Bonchev–Trinajstić information content (AvgIpc) is 2.85. The Morgan fingerprint density at radius 3 is 2.56 bits per heavy atom. The maximum Gasteiger partial charge on any atom is 0.0294 e. The van der Waals surface area contributed by atoms with E-state index in [0.717, 1.165) is 17.6 Å². The molecule has 1 aromatic heterocycles. The highest BCUT2D eigenvalue weighted by Crippen LogP contribution is 2.17. The smallest absolute Gasteiger partial charge is 0.0294 e. The van der Waals surface area contributed by atoms with E-state index < -0.39 is 0 Å². The molecule has 2 aromatic rings. The highest BCUT2D eigenvalue weighted by Gasteiger charge is 2.05. The third-order valence-corrected chi connectivity index (χ3v) is 3.69. The Hall–Kier alpha value is -1.06. The van der Waals surface area contributed by atoms with Gasteiger partial charge in [0.25, 0.3) is 0 Å². The summed E-state index contributed by atoms with van der Waals surface area (Å²) in [5, 5.41) is 3.54. The molecule has 0 amide bonds. The first-order valence-corrected chi connectivity index (χ1v) is 7.12. The lowest BCUT2D eigenvalue weighted by atomic mass is 10.1. The lowest BCUT2D eigenvalue weighted by molar-refractivity contribution is 0.574. The molecule has 0 aliphatic heterocycles. The van der Waals surface area contributed by atoms with Crippen LogP contribution in [0.1, 0.15) is 31.0 Å². The highest BCUT2D eigenvalue weighted by atomic mass is 79.9. The van der Waals surface area contributed by atoms with E-state index in [0.29, 0.717) is 6.04 Å². The van der Waals surface area contributed by atoms with Crippen LogP contribution in [-0.4, -0.2) is 4.57 Å². The molecule has 2 nitrogen and oxygen atoms in total. The highest BCUT2D eigenvalue weighted by molar-refractivity contribution is 9.10. The van der Waals surface area contributed by atoms with Crippen molar-refractivity contribution < 1.29 is 0 Å². The van der Waals surface area contributed by atoms with Crippen LogP contribution in [0.2, 0.25) is 0 Å². The van der Waals surface area contributed by atoms with Crippen molar-refractivity contribution in [2.24, 2.45) is 0 Å². The van der Waals surface area contributed by atoms with Crippen molar-refractivity contribution in [1.82, 2.24) is 9.88 Å². The van der Waals surface area contributed by atoms with Crippen LogP contribution in [0.15, 0.2) is 47.2 Å². The van der Waals surface area contributed by atoms with Crippen molar-refractivity contribution in [3.8, 4) is 0 Å². The minimum atomic E-state index is 0.364. The molecule has 0 fully saturated rings. The molecule has 0 bridgehead atoms.